The molecule has 1 aliphatic carbocycles. The Labute approximate surface area is 222 Å². The van der Waals surface area contributed by atoms with Crippen LogP contribution in [0.3, 0.4) is 0 Å². The average molecular weight is 522 g/mol. The van der Waals surface area contributed by atoms with Crippen LogP contribution >= 0.6 is 11.8 Å². The van der Waals surface area contributed by atoms with E-state index >= 15 is 0 Å². The van der Waals surface area contributed by atoms with Crippen LogP contribution in [0.4, 0.5) is 5.69 Å². The molecule has 4 aliphatic heterocycles. The number of likely N-dealkylation sites (tertiary alicyclic amines) is 1. The SMILES string of the molecule is O=C1[C@@H]2[C@H]3C(=O)N(CCCO)C4C(=O)N(C5CCCCC5)CC=C[C@@]43S[C@@H]2C=CCN1c1ccccc1. The molecule has 2 saturated heterocycles. The molecular formula is C29H35N3O4S. The van der Waals surface area contributed by atoms with Crippen molar-refractivity contribution in [3.05, 3.63) is 54.6 Å². The van der Waals surface area contributed by atoms with Crippen molar-refractivity contribution >= 4 is 35.2 Å². The first-order valence-electron chi connectivity index (χ1n) is 13.7. The van der Waals surface area contributed by atoms with E-state index in [4.69, 9.17) is 0 Å². The first-order chi connectivity index (χ1) is 18.1. The highest BCUT2D eigenvalue weighted by atomic mass is 32.2. The summed E-state index contributed by atoms with van der Waals surface area (Å²) in [5, 5.41) is 9.42. The summed E-state index contributed by atoms with van der Waals surface area (Å²) < 4.78 is -0.790. The fourth-order valence-corrected chi connectivity index (χ4v) is 9.20. The van der Waals surface area contributed by atoms with Gasteiger partial charge in [-0.2, -0.15) is 0 Å². The summed E-state index contributed by atoms with van der Waals surface area (Å²) in [5.74, 6) is -1.33. The van der Waals surface area contributed by atoms with Crippen LogP contribution in [0.1, 0.15) is 38.5 Å². The van der Waals surface area contributed by atoms with Gasteiger partial charge in [0.25, 0.3) is 0 Å². The van der Waals surface area contributed by atoms with Crippen molar-refractivity contribution in [2.75, 3.05) is 31.1 Å². The Morgan fingerprint density at radius 2 is 1.73 bits per heavy atom. The summed E-state index contributed by atoms with van der Waals surface area (Å²) in [4.78, 5) is 48.1. The maximum atomic E-state index is 14.3. The minimum atomic E-state index is -0.790. The van der Waals surface area contributed by atoms with E-state index in [2.05, 4.69) is 18.2 Å². The van der Waals surface area contributed by atoms with E-state index in [1.165, 1.54) is 6.42 Å². The zero-order valence-electron chi connectivity index (χ0n) is 21.1. The molecule has 5 aliphatic rings. The van der Waals surface area contributed by atoms with Gasteiger partial charge in [-0.1, -0.05) is 61.8 Å². The van der Waals surface area contributed by atoms with Crippen LogP contribution in [-0.2, 0) is 14.4 Å². The highest BCUT2D eigenvalue weighted by molar-refractivity contribution is 8.02. The summed E-state index contributed by atoms with van der Waals surface area (Å²) in [6, 6.07) is 9.15. The molecule has 1 saturated carbocycles. The van der Waals surface area contributed by atoms with Crippen molar-refractivity contribution in [1.82, 2.24) is 9.80 Å². The number of nitrogens with zero attached hydrogens (tertiary/aromatic N) is 3. The van der Waals surface area contributed by atoms with E-state index in [9.17, 15) is 19.5 Å². The second kappa shape index (κ2) is 9.95. The Balaban J connectivity index is 1.40. The molecule has 37 heavy (non-hydrogen) atoms. The van der Waals surface area contributed by atoms with Crippen molar-refractivity contribution in [2.45, 2.75) is 60.6 Å². The van der Waals surface area contributed by atoms with Crippen molar-refractivity contribution in [1.29, 1.82) is 0 Å². The Morgan fingerprint density at radius 1 is 0.946 bits per heavy atom. The number of hydrogen-bond acceptors (Lipinski definition) is 5. The van der Waals surface area contributed by atoms with Crippen LogP contribution in [0, 0.1) is 11.8 Å². The number of carbonyl (C=O) groups is 3. The molecule has 5 atom stereocenters. The van der Waals surface area contributed by atoms with E-state index in [1.54, 1.807) is 21.6 Å². The first kappa shape index (κ1) is 24.7. The molecule has 0 aromatic heterocycles. The van der Waals surface area contributed by atoms with Gasteiger partial charge in [-0.25, -0.2) is 0 Å². The Hall–Kier alpha value is -2.58. The number of hydrogen-bond donors (Lipinski definition) is 1. The quantitative estimate of drug-likeness (QED) is 0.603. The van der Waals surface area contributed by atoms with Gasteiger partial charge in [0.1, 0.15) is 6.04 Å². The number of thioether (sulfide) groups is 1. The molecule has 6 rings (SSSR count). The maximum Gasteiger partial charge on any atom is 0.247 e. The maximum absolute atomic E-state index is 14.3. The lowest BCUT2D eigenvalue weighted by atomic mass is 9.78. The molecule has 1 aromatic carbocycles. The monoisotopic (exact) mass is 521 g/mol. The minimum absolute atomic E-state index is 0.00555. The van der Waals surface area contributed by atoms with Crippen molar-refractivity contribution in [3.63, 3.8) is 0 Å². The first-order valence-corrected chi connectivity index (χ1v) is 14.5. The van der Waals surface area contributed by atoms with Crippen LogP contribution in [0.25, 0.3) is 0 Å². The van der Waals surface area contributed by atoms with Crippen molar-refractivity contribution in [3.8, 4) is 0 Å². The van der Waals surface area contributed by atoms with Gasteiger partial charge < -0.3 is 19.8 Å². The van der Waals surface area contributed by atoms with E-state index in [1.807, 2.05) is 41.3 Å². The number of amides is 3. The molecule has 3 amide bonds. The highest BCUT2D eigenvalue weighted by Crippen LogP contribution is 2.61. The molecule has 8 heteroatoms. The molecular weight excluding hydrogens is 486 g/mol. The Bertz CT molecular complexity index is 1120. The molecule has 196 valence electrons. The number of aliphatic hydroxyl groups is 1. The van der Waals surface area contributed by atoms with Gasteiger partial charge in [-0.3, -0.25) is 14.4 Å². The second-order valence-corrected chi connectivity index (χ2v) is 12.3. The summed E-state index contributed by atoms with van der Waals surface area (Å²) in [7, 11) is 0. The third-order valence-corrected chi connectivity index (χ3v) is 10.6. The third kappa shape index (κ3) is 3.95. The standard InChI is InChI=1S/C29H35N3O4S/c33-19-9-18-32-25-28(36)31(21-12-5-2-6-13-21)17-8-15-29(25)24(27(32)35)23-22(37-29)14-7-16-30(26(23)34)20-10-3-1-4-11-20/h1,3-4,7-8,10-11,14-15,21-25,33H,2,5-6,9,12-13,16-19H2/t22-,23+,24+,25?,29+/m1/s1. The summed E-state index contributed by atoms with van der Waals surface area (Å²) >= 11 is 1.62. The van der Waals surface area contributed by atoms with E-state index in [0.717, 1.165) is 31.4 Å². The topological polar surface area (TPSA) is 81.2 Å². The minimum Gasteiger partial charge on any atom is -0.396 e. The number of fused-ring (bicyclic) bond motifs is 2. The lowest BCUT2D eigenvalue weighted by Gasteiger charge is -2.39. The molecule has 0 bridgehead atoms. The van der Waals surface area contributed by atoms with Gasteiger partial charge in [-0.05, 0) is 31.4 Å². The Kier molecular flexibility index (Phi) is 6.65. The molecule has 1 aromatic rings. The molecule has 1 unspecified atom stereocenters. The van der Waals surface area contributed by atoms with Gasteiger partial charge in [0.2, 0.25) is 17.7 Å². The largest absolute Gasteiger partial charge is 0.396 e. The molecule has 1 N–H and O–H groups in total. The summed E-state index contributed by atoms with van der Waals surface area (Å²) in [5.41, 5.74) is 0.818. The Morgan fingerprint density at radius 3 is 2.49 bits per heavy atom. The fourth-order valence-electron chi connectivity index (χ4n) is 7.20. The zero-order valence-corrected chi connectivity index (χ0v) is 21.9. The van der Waals surface area contributed by atoms with Crippen LogP contribution in [0.15, 0.2) is 54.6 Å². The van der Waals surface area contributed by atoms with Crippen LogP contribution < -0.4 is 4.90 Å². The lowest BCUT2D eigenvalue weighted by Crippen LogP contribution is -2.55. The number of carbonyl (C=O) groups excluding carboxylic acids is 3. The average Bonchev–Trinajstić information content (AvgIpc) is 3.23. The smallest absolute Gasteiger partial charge is 0.247 e. The van der Waals surface area contributed by atoms with E-state index < -0.39 is 22.6 Å². The number of aliphatic hydroxyl groups excluding tert-OH is 1. The number of para-hydroxylation sites is 1. The van der Waals surface area contributed by atoms with Gasteiger partial charge in [0, 0.05) is 43.2 Å². The van der Waals surface area contributed by atoms with E-state index in [-0.39, 0.29) is 35.6 Å². The lowest BCUT2D eigenvalue weighted by molar-refractivity contribution is -0.144. The molecule has 7 nitrogen and oxygen atoms in total. The summed E-state index contributed by atoms with van der Waals surface area (Å²) in [6.07, 6.45) is 14.1. The molecule has 1 spiro atoms. The fraction of sp³-hybridized carbons (Fsp3) is 0.552. The van der Waals surface area contributed by atoms with Gasteiger partial charge in [0.15, 0.2) is 0 Å². The predicted octanol–water partition coefficient (Wildman–Crippen LogP) is 3.00. The third-order valence-electron chi connectivity index (χ3n) is 8.83. The second-order valence-electron chi connectivity index (χ2n) is 10.8. The highest BCUT2D eigenvalue weighted by Gasteiger charge is 2.71. The predicted molar refractivity (Wildman–Crippen MR) is 144 cm³/mol. The molecule has 4 heterocycles. The van der Waals surface area contributed by atoms with Gasteiger partial charge >= 0.3 is 0 Å². The normalized spacial score (nSPS) is 33.9. The number of benzene rings is 1. The molecule has 0 radical (unpaired) electrons. The van der Waals surface area contributed by atoms with Crippen molar-refractivity contribution in [2.24, 2.45) is 11.8 Å². The zero-order chi connectivity index (χ0) is 25.6. The number of anilines is 1. The number of rotatable bonds is 5. The van der Waals surface area contributed by atoms with Gasteiger partial charge in [-0.15, -0.1) is 11.8 Å². The van der Waals surface area contributed by atoms with E-state index in [0.29, 0.717) is 26.1 Å². The van der Waals surface area contributed by atoms with Crippen LogP contribution in [0.2, 0.25) is 0 Å². The molecule has 3 fully saturated rings. The van der Waals surface area contributed by atoms with Gasteiger partial charge in [0.05, 0.1) is 16.6 Å². The summed E-state index contributed by atoms with van der Waals surface area (Å²) in [6.45, 7) is 1.28. The van der Waals surface area contributed by atoms with Crippen LogP contribution in [-0.4, -0.2) is 80.9 Å². The van der Waals surface area contributed by atoms with Crippen molar-refractivity contribution < 1.29 is 19.5 Å². The van der Waals surface area contributed by atoms with Crippen LogP contribution in [0.5, 0.6) is 0 Å².